The molecule has 3 N–H and O–H groups in total. The Kier molecular flexibility index (Phi) is 3.94. The van der Waals surface area contributed by atoms with Crippen molar-refractivity contribution in [2.45, 2.75) is 17.5 Å². The SMILES string of the molecule is NC(C(=O)N[C@@H]1C(=O)N2C(=O)C(Cl)=CS[C@H]12)c1ccccc1. The molecule has 1 fully saturated rings. The third-order valence-electron chi connectivity index (χ3n) is 3.52. The molecule has 6 nitrogen and oxygen atoms in total. The van der Waals surface area contributed by atoms with Gasteiger partial charge in [0.25, 0.3) is 11.8 Å². The number of hydrogen-bond donors (Lipinski definition) is 2. The zero-order valence-electron chi connectivity index (χ0n) is 11.2. The number of thioether (sulfide) groups is 1. The Morgan fingerprint density at radius 1 is 1.32 bits per heavy atom. The number of nitrogens with two attached hydrogens (primary N) is 1. The number of nitrogens with one attached hydrogen (secondary N) is 1. The van der Waals surface area contributed by atoms with Crippen LogP contribution in [0.3, 0.4) is 0 Å². The number of hydrogen-bond acceptors (Lipinski definition) is 5. The van der Waals surface area contributed by atoms with E-state index in [2.05, 4.69) is 5.32 Å². The Hall–Kier alpha value is -1.83. The number of carbonyl (C=O) groups excluding carboxylic acids is 3. The summed E-state index contributed by atoms with van der Waals surface area (Å²) in [6, 6.07) is 7.22. The standard InChI is InChI=1S/C14H12ClN3O3S/c15-8-6-22-14-10(13(21)18(14)12(8)20)17-11(19)9(16)7-4-2-1-3-5-7/h1-6,9-10,14H,16H2,(H,17,19)/t9?,10-,14-/m1/s1. The van der Waals surface area contributed by atoms with Crippen LogP contribution in [0.2, 0.25) is 0 Å². The van der Waals surface area contributed by atoms with Gasteiger partial charge >= 0.3 is 0 Å². The van der Waals surface area contributed by atoms with Crippen molar-refractivity contribution >= 4 is 41.1 Å². The number of halogens is 1. The van der Waals surface area contributed by atoms with Crippen molar-refractivity contribution < 1.29 is 14.4 Å². The normalized spacial score (nSPS) is 25.0. The zero-order chi connectivity index (χ0) is 15.9. The largest absolute Gasteiger partial charge is 0.340 e. The molecule has 0 radical (unpaired) electrons. The maximum Gasteiger partial charge on any atom is 0.273 e. The minimum atomic E-state index is -0.869. The molecule has 8 heteroatoms. The molecule has 1 aromatic carbocycles. The van der Waals surface area contributed by atoms with Gasteiger partial charge in [-0.2, -0.15) is 0 Å². The van der Waals surface area contributed by atoms with Crippen LogP contribution in [0, 0.1) is 0 Å². The molecule has 0 spiro atoms. The Balaban J connectivity index is 1.69. The molecule has 3 rings (SSSR count). The van der Waals surface area contributed by atoms with E-state index in [9.17, 15) is 14.4 Å². The van der Waals surface area contributed by atoms with Crippen molar-refractivity contribution in [1.82, 2.24) is 10.2 Å². The lowest BCUT2D eigenvalue weighted by Crippen LogP contribution is -2.72. The van der Waals surface area contributed by atoms with Crippen molar-refractivity contribution in [2.75, 3.05) is 0 Å². The van der Waals surface area contributed by atoms with Crippen molar-refractivity contribution in [3.8, 4) is 0 Å². The van der Waals surface area contributed by atoms with Crippen molar-refractivity contribution in [3.63, 3.8) is 0 Å². The van der Waals surface area contributed by atoms with Crippen molar-refractivity contribution in [3.05, 3.63) is 46.3 Å². The third kappa shape index (κ3) is 2.41. The zero-order valence-corrected chi connectivity index (χ0v) is 12.8. The second-order valence-electron chi connectivity index (χ2n) is 4.88. The molecule has 2 aliphatic rings. The maximum atomic E-state index is 12.2. The molecule has 0 aromatic heterocycles. The Morgan fingerprint density at radius 3 is 2.68 bits per heavy atom. The Labute approximate surface area is 135 Å². The van der Waals surface area contributed by atoms with Gasteiger partial charge in [-0.1, -0.05) is 41.9 Å². The van der Waals surface area contributed by atoms with E-state index in [1.165, 1.54) is 17.2 Å². The van der Waals surface area contributed by atoms with Crippen LogP contribution in [-0.4, -0.2) is 34.0 Å². The first-order valence-corrected chi connectivity index (χ1v) is 7.82. The Morgan fingerprint density at radius 2 is 2.00 bits per heavy atom. The second kappa shape index (κ2) is 5.75. The van der Waals surface area contributed by atoms with Gasteiger partial charge in [-0.05, 0) is 11.0 Å². The number of imide groups is 1. The van der Waals surface area contributed by atoms with Gasteiger partial charge in [0.2, 0.25) is 5.91 Å². The first kappa shape index (κ1) is 15.1. The summed E-state index contributed by atoms with van der Waals surface area (Å²) in [5.74, 6) is -1.46. The van der Waals surface area contributed by atoms with Crippen molar-refractivity contribution in [2.24, 2.45) is 5.73 Å². The van der Waals surface area contributed by atoms with Crippen molar-refractivity contribution in [1.29, 1.82) is 0 Å². The molecule has 3 amide bonds. The first-order chi connectivity index (χ1) is 10.5. The van der Waals surface area contributed by atoms with Gasteiger partial charge in [-0.15, -0.1) is 11.8 Å². The van der Waals surface area contributed by atoms with Crippen LogP contribution in [0.5, 0.6) is 0 Å². The maximum absolute atomic E-state index is 12.2. The van der Waals surface area contributed by atoms with Crippen LogP contribution in [-0.2, 0) is 14.4 Å². The lowest BCUT2D eigenvalue weighted by molar-refractivity contribution is -0.157. The fraction of sp³-hybridized carbons (Fsp3) is 0.214. The van der Waals surface area contributed by atoms with Crippen LogP contribution < -0.4 is 11.1 Å². The molecule has 0 bridgehead atoms. The van der Waals surface area contributed by atoms with E-state index in [-0.39, 0.29) is 5.03 Å². The van der Waals surface area contributed by atoms with Crippen LogP contribution in [0.25, 0.3) is 0 Å². The summed E-state index contributed by atoms with van der Waals surface area (Å²) in [6.07, 6.45) is 0. The number of carbonyl (C=O) groups is 3. The van der Waals surface area contributed by atoms with Gasteiger partial charge in [0, 0.05) is 0 Å². The van der Waals surface area contributed by atoms with Gasteiger partial charge in [-0.25, -0.2) is 0 Å². The molecule has 0 saturated carbocycles. The summed E-state index contributed by atoms with van der Waals surface area (Å²) >= 11 is 6.92. The highest BCUT2D eigenvalue weighted by atomic mass is 35.5. The predicted molar refractivity (Wildman–Crippen MR) is 82.5 cm³/mol. The number of benzene rings is 1. The summed E-state index contributed by atoms with van der Waals surface area (Å²) in [5.41, 5.74) is 6.54. The lowest BCUT2D eigenvalue weighted by atomic mass is 10.0. The lowest BCUT2D eigenvalue weighted by Gasteiger charge is -2.46. The highest BCUT2D eigenvalue weighted by Gasteiger charge is 2.54. The first-order valence-electron chi connectivity index (χ1n) is 6.50. The Bertz CT molecular complexity index is 679. The summed E-state index contributed by atoms with van der Waals surface area (Å²) in [6.45, 7) is 0. The molecule has 22 heavy (non-hydrogen) atoms. The molecular weight excluding hydrogens is 326 g/mol. The van der Waals surface area contributed by atoms with Crippen LogP contribution >= 0.6 is 23.4 Å². The molecule has 2 aliphatic heterocycles. The molecule has 1 saturated heterocycles. The molecule has 1 unspecified atom stereocenters. The highest BCUT2D eigenvalue weighted by molar-refractivity contribution is 8.03. The van der Waals surface area contributed by atoms with E-state index in [1.54, 1.807) is 24.3 Å². The molecule has 2 heterocycles. The molecule has 0 aliphatic carbocycles. The van der Waals surface area contributed by atoms with E-state index in [0.29, 0.717) is 5.56 Å². The van der Waals surface area contributed by atoms with Gasteiger partial charge in [0.05, 0.1) is 0 Å². The van der Waals surface area contributed by atoms with Crippen LogP contribution in [0.1, 0.15) is 11.6 Å². The third-order valence-corrected chi connectivity index (χ3v) is 5.05. The summed E-state index contributed by atoms with van der Waals surface area (Å²) in [5, 5.41) is 3.62. The molecular formula is C14H12ClN3O3S. The monoisotopic (exact) mass is 337 g/mol. The number of amides is 3. The average Bonchev–Trinajstić information content (AvgIpc) is 2.54. The molecule has 3 atom stereocenters. The van der Waals surface area contributed by atoms with Gasteiger partial charge in [0.15, 0.2) is 0 Å². The summed E-state index contributed by atoms with van der Waals surface area (Å²) in [4.78, 5) is 37.0. The number of β-lactam (4-membered cyclic amide) rings is 1. The summed E-state index contributed by atoms with van der Waals surface area (Å²) < 4.78 is 0. The minimum Gasteiger partial charge on any atom is -0.340 e. The fourth-order valence-electron chi connectivity index (χ4n) is 2.30. The quantitative estimate of drug-likeness (QED) is 0.625. The molecule has 1 aromatic rings. The van der Waals surface area contributed by atoms with Gasteiger partial charge < -0.3 is 11.1 Å². The van der Waals surface area contributed by atoms with E-state index in [0.717, 1.165) is 4.90 Å². The van der Waals surface area contributed by atoms with Gasteiger partial charge in [-0.3, -0.25) is 19.3 Å². The summed E-state index contributed by atoms with van der Waals surface area (Å²) in [7, 11) is 0. The fourth-order valence-corrected chi connectivity index (χ4v) is 3.57. The molecule has 114 valence electrons. The van der Waals surface area contributed by atoms with E-state index in [4.69, 9.17) is 17.3 Å². The number of rotatable bonds is 3. The topological polar surface area (TPSA) is 92.5 Å². The number of fused-ring (bicyclic) bond motifs is 1. The average molecular weight is 338 g/mol. The van der Waals surface area contributed by atoms with Gasteiger partial charge in [0.1, 0.15) is 22.5 Å². The number of nitrogens with zero attached hydrogens (tertiary/aromatic N) is 1. The smallest absolute Gasteiger partial charge is 0.273 e. The van der Waals surface area contributed by atoms with E-state index < -0.39 is 35.2 Å². The predicted octanol–water partition coefficient (Wildman–Crippen LogP) is 0.693. The van der Waals surface area contributed by atoms with Crippen LogP contribution in [0.4, 0.5) is 0 Å². The van der Waals surface area contributed by atoms with Crippen LogP contribution in [0.15, 0.2) is 40.8 Å². The van der Waals surface area contributed by atoms with E-state index >= 15 is 0 Å². The highest BCUT2D eigenvalue weighted by Crippen LogP contribution is 2.38. The minimum absolute atomic E-state index is 0.000337. The van der Waals surface area contributed by atoms with E-state index in [1.807, 2.05) is 6.07 Å². The second-order valence-corrected chi connectivity index (χ2v) is 6.28.